The highest BCUT2D eigenvalue weighted by atomic mass is 16.3. The second-order valence-corrected chi connectivity index (χ2v) is 42.5. The Morgan fingerprint density at radius 3 is 0.972 bits per heavy atom. The first-order valence-electron chi connectivity index (χ1n) is 51.4. The number of fused-ring (bicyclic) bond motifs is 16. The zero-order chi connectivity index (χ0) is 95.0. The molecule has 10 unspecified atom stereocenters. The fourth-order valence-corrected chi connectivity index (χ4v) is 28.8. The zero-order valence-electron chi connectivity index (χ0n) is 79.5. The topological polar surface area (TPSA) is 129 Å². The summed E-state index contributed by atoms with van der Waals surface area (Å²) >= 11 is 0. The minimum absolute atomic E-state index is 0.420. The van der Waals surface area contributed by atoms with Crippen molar-refractivity contribution in [3.05, 3.63) is 442 Å². The summed E-state index contributed by atoms with van der Waals surface area (Å²) in [5, 5.41) is 23.4. The third-order valence-electron chi connectivity index (χ3n) is 35.2. The Kier molecular flexibility index (Phi) is 18.0. The maximum absolute atomic E-state index is 6.15. The maximum Gasteiger partial charge on any atom is 0.164 e. The number of hydrogen-bond acceptors (Lipinski definition) is 10. The Balaban J connectivity index is 0.0000000991. The molecule has 0 saturated heterocycles. The molecule has 2 spiro atoms. The molecule has 0 amide bonds. The average molecular weight is 1860 g/mol. The predicted molar refractivity (Wildman–Crippen MR) is 590 cm³/mol. The first-order chi connectivity index (χ1) is 71.6. The van der Waals surface area contributed by atoms with E-state index in [1.54, 1.807) is 5.56 Å². The van der Waals surface area contributed by atoms with Crippen molar-refractivity contribution in [3.8, 4) is 125 Å². The van der Waals surface area contributed by atoms with E-state index in [-0.39, 0.29) is 0 Å². The lowest BCUT2D eigenvalue weighted by atomic mass is 9.40. The summed E-state index contributed by atoms with van der Waals surface area (Å²) in [6.45, 7) is 0. The number of furan rings is 1. The van der Waals surface area contributed by atoms with E-state index >= 15 is 0 Å². The van der Waals surface area contributed by atoms with Crippen molar-refractivity contribution in [2.24, 2.45) is 46.3 Å². The summed E-state index contributed by atoms with van der Waals surface area (Å²) in [4.78, 5) is 46.9. The molecule has 10 nitrogen and oxygen atoms in total. The Morgan fingerprint density at radius 1 is 0.172 bits per heavy atom. The monoisotopic (exact) mass is 1860 g/mol. The first kappa shape index (κ1) is 82.5. The molecule has 8 aliphatic rings. The Hall–Kier alpha value is -17.2. The van der Waals surface area contributed by atoms with Crippen LogP contribution in [0.1, 0.15) is 62.5 Å². The number of para-hydroxylation sites is 1. The molecule has 33 rings (SSSR count). The third kappa shape index (κ3) is 12.9. The van der Waals surface area contributed by atoms with Crippen LogP contribution in [0.2, 0.25) is 0 Å². The van der Waals surface area contributed by atoms with Crippen molar-refractivity contribution < 1.29 is 4.42 Å². The first-order valence-corrected chi connectivity index (χ1v) is 51.4. The van der Waals surface area contributed by atoms with E-state index in [1.807, 2.05) is 30.3 Å². The predicted octanol–water partition coefficient (Wildman–Crippen LogP) is 33.6. The number of aromatic nitrogens is 9. The smallest absolute Gasteiger partial charge is 0.164 e. The van der Waals surface area contributed by atoms with Gasteiger partial charge in [-0.15, -0.1) is 0 Å². The van der Waals surface area contributed by atoms with Crippen LogP contribution in [0.15, 0.2) is 435 Å². The Bertz CT molecular complexity index is 9610. The molecule has 0 N–H and O–H groups in total. The number of benzene rings is 21. The van der Waals surface area contributed by atoms with E-state index in [4.69, 9.17) is 49.3 Å². The lowest BCUT2D eigenvalue weighted by Gasteiger charge is -2.64. The summed E-state index contributed by atoms with van der Waals surface area (Å²) < 4.78 is 6.15. The van der Waals surface area contributed by atoms with Crippen molar-refractivity contribution in [3.63, 3.8) is 0 Å². The second-order valence-electron chi connectivity index (χ2n) is 42.5. The number of hydrogen-bond donors (Lipinski definition) is 0. The van der Waals surface area contributed by atoms with Gasteiger partial charge in [0.2, 0.25) is 0 Å². The van der Waals surface area contributed by atoms with Gasteiger partial charge < -0.3 is 4.42 Å². The molecule has 25 aromatic rings. The Labute approximate surface area is 837 Å². The van der Waals surface area contributed by atoms with Crippen LogP contribution in [0.5, 0.6) is 0 Å². The van der Waals surface area contributed by atoms with Gasteiger partial charge >= 0.3 is 0 Å². The van der Waals surface area contributed by atoms with Crippen molar-refractivity contribution in [2.45, 2.75) is 62.2 Å². The summed E-state index contributed by atoms with van der Waals surface area (Å²) in [7, 11) is 0. The van der Waals surface area contributed by atoms with Crippen molar-refractivity contribution >= 4 is 119 Å². The lowest BCUT2D eigenvalue weighted by molar-refractivity contribution is -0.102. The molecule has 145 heavy (non-hydrogen) atoms. The molecule has 0 radical (unpaired) electrons. The van der Waals surface area contributed by atoms with E-state index in [1.165, 1.54) is 144 Å². The summed E-state index contributed by atoms with van der Waals surface area (Å²) in [6.07, 6.45) is 11.6. The maximum atomic E-state index is 6.15. The molecule has 8 saturated carbocycles. The standard InChI is InChI=1S/C48H35N3.C44H33N3.C43H25N3O/c1-2-10-29(11-3-1)35-16-8-18-39-38(35)17-9-19-41(39)45-49-44(30-20-22-33(23-21-30)47-25-32-26-48(43(32)47)28-34(48)27-47)50-46(51-45)42-24-31-12-4-5-13-36(31)37-14-6-7-15-40(37)42;1-2-6-27(7-3-1)28-10-13-30(14-11-28)40-45-41(31-16-19-35(20-17-31)43-23-34-24-44(39(34)43)26-36(44)25-43)47-42(46-40)33-18-21-38-32(22-33)15-12-29-8-4-5-9-37(29)38;1-3-13-29-26(11-1)23-37(33-17-7-5-15-31(29)33)42-44-41(28-21-22-40-36(25-28)35-19-9-10-20-39(35)47-40)45-43(46-42)38-24-27-12-2-4-14-30(27)32-16-6-8-18-34(32)38/h1-24,32,34,43H,25-28H2;1-22,34,36,39H,23-26H2;1-25H. The van der Waals surface area contributed by atoms with Gasteiger partial charge in [0.1, 0.15) is 11.2 Å². The van der Waals surface area contributed by atoms with E-state index in [9.17, 15) is 0 Å². The average Bonchev–Trinajstić information content (AvgIpc) is 1.45. The zero-order valence-corrected chi connectivity index (χ0v) is 79.5. The minimum atomic E-state index is 0.420. The van der Waals surface area contributed by atoms with E-state index in [0.29, 0.717) is 57.4 Å². The molecule has 4 heterocycles. The van der Waals surface area contributed by atoms with Gasteiger partial charge in [-0.25, -0.2) is 44.9 Å². The van der Waals surface area contributed by atoms with E-state index in [2.05, 4.69) is 400 Å². The molecule has 0 bridgehead atoms. The van der Waals surface area contributed by atoms with Gasteiger partial charge in [-0.05, 0) is 287 Å². The van der Waals surface area contributed by atoms with Crippen LogP contribution in [0.25, 0.3) is 244 Å². The quantitative estimate of drug-likeness (QED) is 0.103. The molecule has 8 aliphatic carbocycles. The van der Waals surface area contributed by atoms with Crippen molar-refractivity contribution in [2.75, 3.05) is 0 Å². The molecular formula is C135H93N9O. The van der Waals surface area contributed by atoms with Crippen LogP contribution < -0.4 is 0 Å². The van der Waals surface area contributed by atoms with Gasteiger partial charge in [0.05, 0.1) is 0 Å². The van der Waals surface area contributed by atoms with Crippen molar-refractivity contribution in [1.29, 1.82) is 0 Å². The highest BCUT2D eigenvalue weighted by Crippen LogP contribution is 2.91. The minimum Gasteiger partial charge on any atom is -0.456 e. The molecule has 684 valence electrons. The largest absolute Gasteiger partial charge is 0.456 e. The number of nitrogens with zero attached hydrogens (tertiary/aromatic N) is 9. The van der Waals surface area contributed by atoms with E-state index < -0.39 is 0 Å². The van der Waals surface area contributed by atoms with Gasteiger partial charge in [-0.1, -0.05) is 382 Å². The fourth-order valence-electron chi connectivity index (χ4n) is 28.8. The molecule has 4 aromatic heterocycles. The number of rotatable bonds is 13. The lowest BCUT2D eigenvalue weighted by Crippen LogP contribution is -2.59. The third-order valence-corrected chi connectivity index (χ3v) is 35.2. The second kappa shape index (κ2) is 31.6. The molecule has 10 heteroatoms. The SMILES string of the molecule is c1ccc(-c2ccc(-c3nc(-c4ccc(C56CC7CC8(CC8C5)C76)cc4)nc(-c4ccc5c(ccc6ccccc65)c4)n3)cc2)cc1.c1ccc(-c2cccc3c(-c4nc(-c5ccc(C67CC8CC9(CC9C6)C87)cc5)nc(-c5cc6ccccc6c6ccccc56)n4)cccc23)cc1.c1ccc2c(c1)cc(-c1nc(-c3ccc4oc5ccccc5c4c3)nc(-c3cc4ccccc4c4ccccc34)n1)c1ccccc12. The molecule has 0 aliphatic heterocycles. The molecule has 21 aromatic carbocycles. The van der Waals surface area contributed by atoms with Gasteiger partial charge in [0.25, 0.3) is 0 Å². The molecule has 10 atom stereocenters. The molecule has 8 fully saturated rings. The van der Waals surface area contributed by atoms with Gasteiger partial charge in [-0.3, -0.25) is 0 Å². The van der Waals surface area contributed by atoms with Gasteiger partial charge in [0.15, 0.2) is 52.4 Å². The van der Waals surface area contributed by atoms with Crippen LogP contribution >= 0.6 is 0 Å². The normalized spacial score (nSPS) is 21.3. The van der Waals surface area contributed by atoms with Crippen molar-refractivity contribution in [1.82, 2.24) is 44.9 Å². The van der Waals surface area contributed by atoms with Crippen LogP contribution in [0.3, 0.4) is 0 Å². The summed E-state index contributed by atoms with van der Waals surface area (Å²) in [6, 6.07) is 153. The van der Waals surface area contributed by atoms with Crippen LogP contribution in [0.4, 0.5) is 0 Å². The van der Waals surface area contributed by atoms with Crippen LogP contribution in [-0.4, -0.2) is 44.9 Å². The van der Waals surface area contributed by atoms with E-state index in [0.717, 1.165) is 156 Å². The molecular weight excluding hydrogens is 1760 g/mol. The summed E-state index contributed by atoms with van der Waals surface area (Å²) in [5.41, 5.74) is 20.8. The fraction of sp³-hybridized carbons (Fsp3) is 0.133. The van der Waals surface area contributed by atoms with Gasteiger partial charge in [0, 0.05) is 60.8 Å². The summed E-state index contributed by atoms with van der Waals surface area (Å²) in [5.74, 6) is 11.9. The van der Waals surface area contributed by atoms with Gasteiger partial charge in [-0.2, -0.15) is 0 Å². The highest BCUT2D eigenvalue weighted by molar-refractivity contribution is 6.17. The van der Waals surface area contributed by atoms with Crippen LogP contribution in [-0.2, 0) is 10.8 Å². The Morgan fingerprint density at radius 2 is 0.483 bits per heavy atom. The van der Waals surface area contributed by atoms with Crippen LogP contribution in [0, 0.1) is 46.3 Å². The highest BCUT2D eigenvalue weighted by Gasteiger charge is 2.85.